The average molecular weight is 508 g/mol. The van der Waals surface area contributed by atoms with Crippen LogP contribution in [-0.2, 0) is 12.6 Å². The van der Waals surface area contributed by atoms with Gasteiger partial charge in [0.1, 0.15) is 5.56 Å². The number of nitrogens with zero attached hydrogens (tertiary/aromatic N) is 5. The number of alkyl halides is 3. The fourth-order valence-corrected chi connectivity index (χ4v) is 4.84. The zero-order valence-corrected chi connectivity index (χ0v) is 21.0. The van der Waals surface area contributed by atoms with Gasteiger partial charge in [0.05, 0.1) is 11.8 Å². The Kier molecular flexibility index (Phi) is 6.39. The number of amides is 1. The number of piperazine rings is 1. The zero-order valence-electron chi connectivity index (χ0n) is 21.0. The van der Waals surface area contributed by atoms with Gasteiger partial charge in [-0.15, -0.1) is 0 Å². The van der Waals surface area contributed by atoms with E-state index in [1.807, 2.05) is 18.7 Å². The van der Waals surface area contributed by atoms with Crippen molar-refractivity contribution in [1.29, 1.82) is 0 Å². The van der Waals surface area contributed by atoms with Crippen molar-refractivity contribution in [2.45, 2.75) is 33.4 Å². The molecule has 0 bridgehead atoms. The Hall–Kier alpha value is -3.88. The molecule has 1 saturated heterocycles. The van der Waals surface area contributed by atoms with Crippen LogP contribution in [0.3, 0.4) is 0 Å². The molecular formula is C28H28F3N5O. The number of aryl methyl sites for hydroxylation is 3. The first-order chi connectivity index (χ1) is 17.6. The smallest absolute Gasteiger partial charge is 0.368 e. The van der Waals surface area contributed by atoms with Crippen LogP contribution in [0.15, 0.2) is 54.7 Å². The van der Waals surface area contributed by atoms with Crippen LogP contribution in [-0.4, -0.2) is 51.6 Å². The second-order valence-electron chi connectivity index (χ2n) is 9.54. The number of hydrogen-bond acceptors (Lipinski definition) is 4. The second kappa shape index (κ2) is 9.53. The van der Waals surface area contributed by atoms with Crippen LogP contribution >= 0.6 is 0 Å². The summed E-state index contributed by atoms with van der Waals surface area (Å²) in [6.45, 7) is 7.68. The van der Waals surface area contributed by atoms with Crippen molar-refractivity contribution < 1.29 is 18.0 Å². The summed E-state index contributed by atoms with van der Waals surface area (Å²) in [7, 11) is 0. The number of rotatable bonds is 4. The van der Waals surface area contributed by atoms with E-state index in [0.717, 1.165) is 35.5 Å². The fraction of sp³-hybridized carbons (Fsp3) is 0.321. The summed E-state index contributed by atoms with van der Waals surface area (Å²) in [5.74, 6) is -0.170. The van der Waals surface area contributed by atoms with Crippen molar-refractivity contribution in [3.63, 3.8) is 0 Å². The van der Waals surface area contributed by atoms with E-state index < -0.39 is 11.7 Å². The SMILES string of the molecule is Cc1ccc(Cc2c(C)nc3c(C(=O)N4CCN(c5cccc(C(F)(F)F)c5)CC4)cnn3c2C)cc1. The van der Waals surface area contributed by atoms with Crippen molar-refractivity contribution >= 4 is 17.2 Å². The molecule has 5 rings (SSSR count). The van der Waals surface area contributed by atoms with Crippen LogP contribution in [0.2, 0.25) is 0 Å². The summed E-state index contributed by atoms with van der Waals surface area (Å²) >= 11 is 0. The molecule has 0 unspecified atom stereocenters. The molecule has 1 amide bonds. The number of halogens is 3. The summed E-state index contributed by atoms with van der Waals surface area (Å²) in [6, 6.07) is 13.7. The van der Waals surface area contributed by atoms with E-state index in [1.165, 1.54) is 17.2 Å². The molecule has 37 heavy (non-hydrogen) atoms. The number of carbonyl (C=O) groups is 1. The Morgan fingerprint density at radius 1 is 0.973 bits per heavy atom. The average Bonchev–Trinajstić information content (AvgIpc) is 3.31. The van der Waals surface area contributed by atoms with Gasteiger partial charge in [0, 0.05) is 49.7 Å². The molecule has 0 radical (unpaired) electrons. The first-order valence-corrected chi connectivity index (χ1v) is 12.2. The van der Waals surface area contributed by atoms with Crippen LogP contribution in [0.1, 0.15) is 44.0 Å². The molecule has 2 aromatic heterocycles. The number of carbonyl (C=O) groups excluding carboxylic acids is 1. The predicted molar refractivity (Wildman–Crippen MR) is 136 cm³/mol. The lowest BCUT2D eigenvalue weighted by molar-refractivity contribution is -0.137. The topological polar surface area (TPSA) is 53.7 Å². The molecule has 0 spiro atoms. The van der Waals surface area contributed by atoms with Gasteiger partial charge < -0.3 is 9.80 Å². The number of hydrogen-bond donors (Lipinski definition) is 0. The van der Waals surface area contributed by atoms with Crippen molar-refractivity contribution in [2.24, 2.45) is 0 Å². The minimum Gasteiger partial charge on any atom is -0.368 e. The lowest BCUT2D eigenvalue weighted by Crippen LogP contribution is -2.48. The molecule has 1 aliphatic heterocycles. The van der Waals surface area contributed by atoms with Gasteiger partial charge in [-0.3, -0.25) is 4.79 Å². The van der Waals surface area contributed by atoms with Gasteiger partial charge in [0.2, 0.25) is 0 Å². The number of anilines is 1. The predicted octanol–water partition coefficient (Wildman–Crippen LogP) is 5.23. The molecule has 6 nitrogen and oxygen atoms in total. The number of aromatic nitrogens is 3. The van der Waals surface area contributed by atoms with Crippen molar-refractivity contribution in [3.8, 4) is 0 Å². The first kappa shape index (κ1) is 24.8. The molecule has 1 fully saturated rings. The molecule has 0 N–H and O–H groups in total. The van der Waals surface area contributed by atoms with E-state index in [0.29, 0.717) is 43.1 Å². The highest BCUT2D eigenvalue weighted by Gasteiger charge is 2.31. The maximum Gasteiger partial charge on any atom is 0.416 e. The maximum absolute atomic E-state index is 13.4. The van der Waals surface area contributed by atoms with Crippen molar-refractivity contribution in [2.75, 3.05) is 31.1 Å². The Morgan fingerprint density at radius 2 is 1.68 bits per heavy atom. The molecule has 0 atom stereocenters. The van der Waals surface area contributed by atoms with Gasteiger partial charge in [-0.25, -0.2) is 9.50 Å². The van der Waals surface area contributed by atoms with Gasteiger partial charge in [0.25, 0.3) is 5.91 Å². The van der Waals surface area contributed by atoms with Gasteiger partial charge in [0.15, 0.2) is 5.65 Å². The monoisotopic (exact) mass is 507 g/mol. The van der Waals surface area contributed by atoms with Crippen LogP contribution in [0.25, 0.3) is 5.65 Å². The minimum absolute atomic E-state index is 0.170. The van der Waals surface area contributed by atoms with Gasteiger partial charge in [-0.05, 0) is 50.1 Å². The molecule has 4 aromatic rings. The van der Waals surface area contributed by atoms with Crippen LogP contribution in [0, 0.1) is 20.8 Å². The van der Waals surface area contributed by atoms with Crippen LogP contribution in [0.4, 0.5) is 18.9 Å². The van der Waals surface area contributed by atoms with Crippen LogP contribution < -0.4 is 4.90 Å². The van der Waals surface area contributed by atoms with E-state index in [4.69, 9.17) is 4.98 Å². The van der Waals surface area contributed by atoms with E-state index in [-0.39, 0.29) is 5.91 Å². The molecule has 3 heterocycles. The Labute approximate surface area is 213 Å². The second-order valence-corrected chi connectivity index (χ2v) is 9.54. The summed E-state index contributed by atoms with van der Waals surface area (Å²) in [5.41, 5.74) is 6.05. The third-order valence-electron chi connectivity index (χ3n) is 7.05. The molecule has 2 aromatic carbocycles. The van der Waals surface area contributed by atoms with Crippen molar-refractivity contribution in [3.05, 3.63) is 93.9 Å². The highest BCUT2D eigenvalue weighted by Crippen LogP contribution is 2.32. The third kappa shape index (κ3) is 4.90. The highest BCUT2D eigenvalue weighted by molar-refractivity contribution is 5.99. The molecule has 0 aliphatic carbocycles. The number of fused-ring (bicyclic) bond motifs is 1. The number of benzene rings is 2. The Balaban J connectivity index is 1.33. The lowest BCUT2D eigenvalue weighted by Gasteiger charge is -2.36. The minimum atomic E-state index is -4.39. The summed E-state index contributed by atoms with van der Waals surface area (Å²) in [5, 5.41) is 4.48. The van der Waals surface area contributed by atoms with E-state index >= 15 is 0 Å². The molecular weight excluding hydrogens is 479 g/mol. The fourth-order valence-electron chi connectivity index (χ4n) is 4.84. The Morgan fingerprint density at radius 3 is 2.35 bits per heavy atom. The first-order valence-electron chi connectivity index (χ1n) is 12.2. The summed E-state index contributed by atoms with van der Waals surface area (Å²) < 4.78 is 41.0. The third-order valence-corrected chi connectivity index (χ3v) is 7.05. The summed E-state index contributed by atoms with van der Waals surface area (Å²) in [4.78, 5) is 21.7. The Bertz CT molecular complexity index is 1450. The molecule has 192 valence electrons. The largest absolute Gasteiger partial charge is 0.416 e. The standard InChI is InChI=1S/C28H28F3N5O/c1-18-7-9-21(10-8-18)15-24-19(2)33-26-25(17-32-36(26)20(24)3)27(37)35-13-11-34(12-14-35)23-6-4-5-22(16-23)28(29,30)31/h4-10,16-17H,11-15H2,1-3H3. The van der Waals surface area contributed by atoms with Crippen molar-refractivity contribution in [1.82, 2.24) is 19.5 Å². The molecule has 0 saturated carbocycles. The normalized spacial score (nSPS) is 14.4. The maximum atomic E-state index is 13.4. The highest BCUT2D eigenvalue weighted by atomic mass is 19.4. The van der Waals surface area contributed by atoms with Crippen LogP contribution in [0.5, 0.6) is 0 Å². The van der Waals surface area contributed by atoms with E-state index in [2.05, 4.69) is 36.3 Å². The summed E-state index contributed by atoms with van der Waals surface area (Å²) in [6.07, 6.45) is -2.10. The lowest BCUT2D eigenvalue weighted by atomic mass is 10.0. The van der Waals surface area contributed by atoms with Gasteiger partial charge in [-0.2, -0.15) is 18.3 Å². The van der Waals surface area contributed by atoms with Gasteiger partial charge >= 0.3 is 6.18 Å². The van der Waals surface area contributed by atoms with Gasteiger partial charge in [-0.1, -0.05) is 35.9 Å². The zero-order chi connectivity index (χ0) is 26.3. The molecule has 9 heteroatoms. The molecule has 1 aliphatic rings. The van der Waals surface area contributed by atoms with E-state index in [1.54, 1.807) is 21.7 Å². The quantitative estimate of drug-likeness (QED) is 0.380. The van der Waals surface area contributed by atoms with E-state index in [9.17, 15) is 18.0 Å².